The van der Waals surface area contributed by atoms with Gasteiger partial charge in [-0.2, -0.15) is 4.31 Å². The maximum Gasteiger partial charge on any atom is 0.245 e. The van der Waals surface area contributed by atoms with Gasteiger partial charge in [0.15, 0.2) is 0 Å². The molecule has 2 aliphatic rings. The van der Waals surface area contributed by atoms with Crippen LogP contribution in [0, 0.1) is 11.8 Å². The van der Waals surface area contributed by atoms with Crippen LogP contribution in [0.2, 0.25) is 10.0 Å². The molecule has 3 rings (SSSR count). The van der Waals surface area contributed by atoms with E-state index in [0.29, 0.717) is 23.4 Å². The standard InChI is InChI=1S/C14H18Cl2N2O2S/c1-14(2)11-7-17-6-9(11)8-18(14)21(19,20)13-5-10(15)3-4-12(13)16/h3-5,9,11,17H,6-8H2,1-2H3. The fourth-order valence-electron chi connectivity index (χ4n) is 3.59. The van der Waals surface area contributed by atoms with Crippen LogP contribution in [0.25, 0.3) is 0 Å². The van der Waals surface area contributed by atoms with E-state index in [-0.39, 0.29) is 9.92 Å². The van der Waals surface area contributed by atoms with E-state index in [4.69, 9.17) is 23.2 Å². The van der Waals surface area contributed by atoms with Gasteiger partial charge in [-0.05, 0) is 50.4 Å². The Morgan fingerprint density at radius 1 is 1.29 bits per heavy atom. The van der Waals surface area contributed by atoms with E-state index in [1.165, 1.54) is 12.1 Å². The third-order valence-electron chi connectivity index (χ3n) is 4.75. The minimum absolute atomic E-state index is 0.0951. The highest BCUT2D eigenvalue weighted by Gasteiger charge is 2.54. The highest BCUT2D eigenvalue weighted by molar-refractivity contribution is 7.89. The van der Waals surface area contributed by atoms with Gasteiger partial charge in [-0.3, -0.25) is 0 Å². The van der Waals surface area contributed by atoms with Crippen LogP contribution in [0.5, 0.6) is 0 Å². The van der Waals surface area contributed by atoms with Crippen LogP contribution in [-0.4, -0.2) is 37.9 Å². The quantitative estimate of drug-likeness (QED) is 0.893. The van der Waals surface area contributed by atoms with Crippen molar-refractivity contribution in [2.45, 2.75) is 24.3 Å². The van der Waals surface area contributed by atoms with Crippen molar-refractivity contribution >= 4 is 33.2 Å². The maximum absolute atomic E-state index is 13.0. The molecule has 2 aliphatic heterocycles. The summed E-state index contributed by atoms with van der Waals surface area (Å²) in [4.78, 5) is 0.0951. The second-order valence-corrected chi connectivity index (χ2v) is 8.96. The number of sulfonamides is 1. The fraction of sp³-hybridized carbons (Fsp3) is 0.571. The van der Waals surface area contributed by atoms with Crippen molar-refractivity contribution in [1.82, 2.24) is 9.62 Å². The Morgan fingerprint density at radius 3 is 2.67 bits per heavy atom. The molecule has 1 aromatic rings. The van der Waals surface area contributed by atoms with Crippen LogP contribution >= 0.6 is 23.2 Å². The smallest absolute Gasteiger partial charge is 0.245 e. The topological polar surface area (TPSA) is 49.4 Å². The summed E-state index contributed by atoms with van der Waals surface area (Å²) in [5.41, 5.74) is -0.432. The summed E-state index contributed by atoms with van der Waals surface area (Å²) >= 11 is 12.0. The summed E-state index contributed by atoms with van der Waals surface area (Å²) in [5.74, 6) is 0.679. The van der Waals surface area contributed by atoms with Gasteiger partial charge in [-0.15, -0.1) is 0 Å². The van der Waals surface area contributed by atoms with Crippen molar-refractivity contribution in [2.24, 2.45) is 11.8 Å². The molecule has 0 aliphatic carbocycles. The number of nitrogens with zero attached hydrogens (tertiary/aromatic N) is 1. The molecule has 2 fully saturated rings. The molecule has 0 aromatic heterocycles. The number of hydrogen-bond donors (Lipinski definition) is 1. The van der Waals surface area contributed by atoms with E-state index in [2.05, 4.69) is 5.32 Å². The normalized spacial score (nSPS) is 28.8. The number of halogens is 2. The predicted octanol–water partition coefficient (Wildman–Crippen LogP) is 2.61. The molecule has 0 amide bonds. The second-order valence-electron chi connectivity index (χ2n) is 6.29. The summed E-state index contributed by atoms with van der Waals surface area (Å²) in [6.45, 7) is 6.22. The van der Waals surface area contributed by atoms with Crippen LogP contribution in [0.4, 0.5) is 0 Å². The molecule has 4 nitrogen and oxygen atoms in total. The van der Waals surface area contributed by atoms with E-state index in [1.807, 2.05) is 13.8 Å². The first-order chi connectivity index (χ1) is 9.74. The molecule has 7 heteroatoms. The zero-order valence-electron chi connectivity index (χ0n) is 11.9. The Morgan fingerprint density at radius 2 is 2.00 bits per heavy atom. The lowest BCUT2D eigenvalue weighted by molar-refractivity contribution is 0.233. The Kier molecular flexibility index (Phi) is 3.78. The molecule has 2 saturated heterocycles. The summed E-state index contributed by atoms with van der Waals surface area (Å²) in [5, 5.41) is 3.93. The third kappa shape index (κ3) is 2.39. The third-order valence-corrected chi connectivity index (χ3v) is 7.52. The summed E-state index contributed by atoms with van der Waals surface area (Å²) in [6.07, 6.45) is 0. The molecule has 0 bridgehead atoms. The molecule has 2 heterocycles. The first kappa shape index (κ1) is 15.6. The molecular weight excluding hydrogens is 331 g/mol. The second kappa shape index (κ2) is 5.10. The minimum atomic E-state index is -3.65. The molecule has 116 valence electrons. The molecule has 21 heavy (non-hydrogen) atoms. The molecule has 2 atom stereocenters. The van der Waals surface area contributed by atoms with Gasteiger partial charge in [-0.25, -0.2) is 8.42 Å². The van der Waals surface area contributed by atoms with Crippen LogP contribution in [0.3, 0.4) is 0 Å². The van der Waals surface area contributed by atoms with Crippen molar-refractivity contribution in [1.29, 1.82) is 0 Å². The SMILES string of the molecule is CC1(C)C2CNCC2CN1S(=O)(=O)c1cc(Cl)ccc1Cl. The Balaban J connectivity index is 2.05. The number of benzene rings is 1. The number of fused-ring (bicyclic) bond motifs is 1. The van der Waals surface area contributed by atoms with E-state index in [1.54, 1.807) is 10.4 Å². The molecular formula is C14H18Cl2N2O2S. The van der Waals surface area contributed by atoms with Gasteiger partial charge in [-0.1, -0.05) is 23.2 Å². The number of hydrogen-bond acceptors (Lipinski definition) is 3. The van der Waals surface area contributed by atoms with Crippen LogP contribution in [-0.2, 0) is 10.0 Å². The first-order valence-corrected chi connectivity index (χ1v) is 9.13. The highest BCUT2D eigenvalue weighted by Crippen LogP contribution is 2.44. The highest BCUT2D eigenvalue weighted by atomic mass is 35.5. The minimum Gasteiger partial charge on any atom is -0.316 e. The average molecular weight is 349 g/mol. The monoisotopic (exact) mass is 348 g/mol. The fourth-order valence-corrected chi connectivity index (χ4v) is 6.20. The van der Waals surface area contributed by atoms with Crippen LogP contribution in [0.15, 0.2) is 23.1 Å². The van der Waals surface area contributed by atoms with E-state index < -0.39 is 15.6 Å². The molecule has 1 N–H and O–H groups in total. The summed E-state index contributed by atoms with van der Waals surface area (Å²) in [6, 6.07) is 4.56. The summed E-state index contributed by atoms with van der Waals surface area (Å²) in [7, 11) is -3.65. The van der Waals surface area contributed by atoms with Gasteiger partial charge < -0.3 is 5.32 Å². The van der Waals surface area contributed by atoms with Gasteiger partial charge in [0.2, 0.25) is 10.0 Å². The molecule has 1 aromatic carbocycles. The average Bonchev–Trinajstić information content (AvgIpc) is 2.95. The molecule has 0 spiro atoms. The Labute approximate surface area is 135 Å². The van der Waals surface area contributed by atoms with Crippen molar-refractivity contribution in [3.05, 3.63) is 28.2 Å². The lowest BCUT2D eigenvalue weighted by atomic mass is 9.85. The lowest BCUT2D eigenvalue weighted by Gasteiger charge is -2.34. The van der Waals surface area contributed by atoms with Crippen molar-refractivity contribution in [2.75, 3.05) is 19.6 Å². The van der Waals surface area contributed by atoms with E-state index >= 15 is 0 Å². The lowest BCUT2D eigenvalue weighted by Crippen LogP contribution is -2.47. The number of nitrogens with one attached hydrogen (secondary N) is 1. The zero-order chi connectivity index (χ0) is 15.4. The molecule has 0 saturated carbocycles. The largest absolute Gasteiger partial charge is 0.316 e. The Hall–Kier alpha value is -0.330. The van der Waals surface area contributed by atoms with Gasteiger partial charge in [0.25, 0.3) is 0 Å². The van der Waals surface area contributed by atoms with Crippen molar-refractivity contribution in [3.63, 3.8) is 0 Å². The van der Waals surface area contributed by atoms with Crippen molar-refractivity contribution in [3.8, 4) is 0 Å². The van der Waals surface area contributed by atoms with Crippen LogP contribution < -0.4 is 5.32 Å². The van der Waals surface area contributed by atoms with Gasteiger partial charge in [0, 0.05) is 23.7 Å². The van der Waals surface area contributed by atoms with E-state index in [9.17, 15) is 8.42 Å². The maximum atomic E-state index is 13.0. The first-order valence-electron chi connectivity index (χ1n) is 6.93. The predicted molar refractivity (Wildman–Crippen MR) is 84.3 cm³/mol. The van der Waals surface area contributed by atoms with Crippen LogP contribution in [0.1, 0.15) is 13.8 Å². The van der Waals surface area contributed by atoms with Crippen molar-refractivity contribution < 1.29 is 8.42 Å². The van der Waals surface area contributed by atoms with Gasteiger partial charge >= 0.3 is 0 Å². The summed E-state index contributed by atoms with van der Waals surface area (Å²) < 4.78 is 27.6. The number of rotatable bonds is 2. The van der Waals surface area contributed by atoms with Gasteiger partial charge in [0.1, 0.15) is 4.90 Å². The molecule has 0 radical (unpaired) electrons. The van der Waals surface area contributed by atoms with Gasteiger partial charge in [0.05, 0.1) is 5.02 Å². The Bertz CT molecular complexity index is 676. The zero-order valence-corrected chi connectivity index (χ0v) is 14.3. The van der Waals surface area contributed by atoms with E-state index in [0.717, 1.165) is 13.1 Å². The molecule has 2 unspecified atom stereocenters.